The Bertz CT molecular complexity index is 1160. The normalized spacial score (nSPS) is 22.1. The monoisotopic (exact) mass is 533 g/mol. The lowest BCUT2D eigenvalue weighted by Gasteiger charge is -2.46. The van der Waals surface area contributed by atoms with Gasteiger partial charge in [0.15, 0.2) is 0 Å². The van der Waals surface area contributed by atoms with Crippen molar-refractivity contribution in [1.29, 1.82) is 0 Å². The van der Waals surface area contributed by atoms with Crippen molar-refractivity contribution in [2.24, 2.45) is 11.3 Å². The van der Waals surface area contributed by atoms with Gasteiger partial charge < -0.3 is 10.4 Å². The van der Waals surface area contributed by atoms with Crippen LogP contribution in [0.5, 0.6) is 0 Å². The third-order valence-electron chi connectivity index (χ3n) is 7.40. The Kier molecular flexibility index (Phi) is 7.75. The van der Waals surface area contributed by atoms with E-state index in [1.165, 1.54) is 5.56 Å². The summed E-state index contributed by atoms with van der Waals surface area (Å²) in [4.78, 5) is 27.0. The fourth-order valence-electron chi connectivity index (χ4n) is 5.54. The van der Waals surface area contributed by atoms with E-state index in [1.807, 2.05) is 78.9 Å². The predicted molar refractivity (Wildman–Crippen MR) is 144 cm³/mol. The Balaban J connectivity index is 1.74. The van der Waals surface area contributed by atoms with Gasteiger partial charge in [-0.2, -0.15) is 0 Å². The molecule has 3 aromatic rings. The zero-order valence-electron chi connectivity index (χ0n) is 20.2. The molecule has 0 bridgehead atoms. The number of halogens is 1. The minimum absolute atomic E-state index is 0.220. The standard InChI is InChI=1S/C30H32BrNO3/c1-20(2)22-13-17-25(18-14-22)32-28(33)27-10-6-9-26(23-11-15-24(31)16-12-23)30(27,29(34)35)19-21-7-4-3-5-8-21/h3-5,7-8,11-18,20,26-27H,6,9-10,19H2,1-2H3,(H,32,33)(H,34,35)/t26-,27-,30-/m0/s1. The molecule has 0 spiro atoms. The molecular weight excluding hydrogens is 502 g/mol. The maximum absolute atomic E-state index is 13.7. The van der Waals surface area contributed by atoms with E-state index in [0.29, 0.717) is 24.4 Å². The molecule has 0 radical (unpaired) electrons. The molecule has 0 aliphatic heterocycles. The van der Waals surface area contributed by atoms with E-state index in [0.717, 1.165) is 28.4 Å². The topological polar surface area (TPSA) is 66.4 Å². The highest BCUT2D eigenvalue weighted by Gasteiger charge is 2.56. The van der Waals surface area contributed by atoms with Crippen molar-refractivity contribution in [3.8, 4) is 0 Å². The Labute approximate surface area is 215 Å². The highest BCUT2D eigenvalue weighted by atomic mass is 79.9. The van der Waals surface area contributed by atoms with Crippen molar-refractivity contribution >= 4 is 33.5 Å². The van der Waals surface area contributed by atoms with Gasteiger partial charge in [0.05, 0.1) is 11.3 Å². The SMILES string of the molecule is CC(C)c1ccc(NC(=O)[C@@H]2CCC[C@@H](c3ccc(Br)cc3)[C@]2(Cc2ccccc2)C(=O)O)cc1. The summed E-state index contributed by atoms with van der Waals surface area (Å²) in [6.45, 7) is 4.26. The van der Waals surface area contributed by atoms with Gasteiger partial charge in [0.1, 0.15) is 0 Å². The second kappa shape index (κ2) is 10.8. The highest BCUT2D eigenvalue weighted by Crippen LogP contribution is 2.53. The van der Waals surface area contributed by atoms with Crippen LogP contribution in [0.25, 0.3) is 0 Å². The molecule has 0 heterocycles. The summed E-state index contributed by atoms with van der Waals surface area (Å²) in [5.74, 6) is -1.67. The molecule has 4 rings (SSSR count). The molecule has 1 aliphatic rings. The first-order valence-corrected chi connectivity index (χ1v) is 13.0. The highest BCUT2D eigenvalue weighted by molar-refractivity contribution is 9.10. The number of anilines is 1. The van der Waals surface area contributed by atoms with Crippen molar-refractivity contribution in [1.82, 2.24) is 0 Å². The summed E-state index contributed by atoms with van der Waals surface area (Å²) < 4.78 is 0.945. The quantitative estimate of drug-likeness (QED) is 0.332. The molecule has 4 nitrogen and oxygen atoms in total. The van der Waals surface area contributed by atoms with Crippen LogP contribution in [0.2, 0.25) is 0 Å². The van der Waals surface area contributed by atoms with Crippen LogP contribution in [0.15, 0.2) is 83.3 Å². The van der Waals surface area contributed by atoms with E-state index in [9.17, 15) is 14.7 Å². The summed E-state index contributed by atoms with van der Waals surface area (Å²) in [6, 6.07) is 25.4. The van der Waals surface area contributed by atoms with Gasteiger partial charge in [0.2, 0.25) is 5.91 Å². The summed E-state index contributed by atoms with van der Waals surface area (Å²) >= 11 is 3.49. The molecule has 0 aromatic heterocycles. The van der Waals surface area contributed by atoms with Crippen molar-refractivity contribution < 1.29 is 14.7 Å². The number of carboxylic acid groups (broad SMARTS) is 1. The summed E-state index contributed by atoms with van der Waals surface area (Å²) in [5, 5.41) is 13.9. The second-order valence-corrected chi connectivity index (χ2v) is 10.8. The van der Waals surface area contributed by atoms with E-state index in [-0.39, 0.29) is 11.8 Å². The molecule has 5 heteroatoms. The van der Waals surface area contributed by atoms with Crippen LogP contribution >= 0.6 is 15.9 Å². The van der Waals surface area contributed by atoms with Gasteiger partial charge in [0, 0.05) is 16.1 Å². The maximum Gasteiger partial charge on any atom is 0.311 e. The average Bonchev–Trinajstić information content (AvgIpc) is 2.85. The smallest absolute Gasteiger partial charge is 0.311 e. The number of amides is 1. The molecule has 1 aliphatic carbocycles. The molecule has 3 atom stereocenters. The lowest BCUT2D eigenvalue weighted by molar-refractivity contribution is -0.160. The molecule has 0 unspecified atom stereocenters. The zero-order chi connectivity index (χ0) is 25.0. The number of carbonyl (C=O) groups is 2. The molecule has 2 N–H and O–H groups in total. The van der Waals surface area contributed by atoms with Gasteiger partial charge in [-0.1, -0.05) is 90.8 Å². The van der Waals surface area contributed by atoms with E-state index >= 15 is 0 Å². The molecule has 3 aromatic carbocycles. The van der Waals surface area contributed by atoms with Crippen LogP contribution in [0.4, 0.5) is 5.69 Å². The molecule has 1 saturated carbocycles. The average molecular weight is 534 g/mol. The van der Waals surface area contributed by atoms with Crippen molar-refractivity contribution in [2.75, 3.05) is 5.32 Å². The van der Waals surface area contributed by atoms with Crippen LogP contribution < -0.4 is 5.32 Å². The number of rotatable bonds is 7. The van der Waals surface area contributed by atoms with Gasteiger partial charge in [-0.05, 0) is 66.1 Å². The first-order valence-electron chi connectivity index (χ1n) is 12.2. The summed E-state index contributed by atoms with van der Waals surface area (Å²) in [5.41, 5.74) is 2.53. The van der Waals surface area contributed by atoms with E-state index < -0.39 is 17.3 Å². The molecule has 35 heavy (non-hydrogen) atoms. The van der Waals surface area contributed by atoms with Crippen LogP contribution in [-0.2, 0) is 16.0 Å². The largest absolute Gasteiger partial charge is 0.481 e. The first-order chi connectivity index (χ1) is 16.8. The number of carboxylic acids is 1. The minimum atomic E-state index is -1.25. The van der Waals surface area contributed by atoms with E-state index in [2.05, 4.69) is 35.1 Å². The molecular formula is C30H32BrNO3. The lowest BCUT2D eigenvalue weighted by Crippen LogP contribution is -2.52. The Morgan fingerprint density at radius 2 is 1.63 bits per heavy atom. The number of aliphatic carboxylic acids is 1. The Morgan fingerprint density at radius 3 is 2.23 bits per heavy atom. The van der Waals surface area contributed by atoms with E-state index in [1.54, 1.807) is 0 Å². The van der Waals surface area contributed by atoms with Gasteiger partial charge in [-0.15, -0.1) is 0 Å². The van der Waals surface area contributed by atoms with Crippen LogP contribution in [0, 0.1) is 11.3 Å². The van der Waals surface area contributed by atoms with Gasteiger partial charge in [-0.25, -0.2) is 0 Å². The Hall–Kier alpha value is -2.92. The van der Waals surface area contributed by atoms with Crippen molar-refractivity contribution in [2.45, 2.75) is 51.4 Å². The fraction of sp³-hybridized carbons (Fsp3) is 0.333. The number of carbonyl (C=O) groups excluding carboxylic acids is 1. The number of benzene rings is 3. The number of hydrogen-bond donors (Lipinski definition) is 2. The van der Waals surface area contributed by atoms with Gasteiger partial charge >= 0.3 is 5.97 Å². The second-order valence-electron chi connectivity index (χ2n) is 9.86. The number of nitrogens with one attached hydrogen (secondary N) is 1. The first kappa shape index (κ1) is 25.2. The van der Waals surface area contributed by atoms with Crippen molar-refractivity contribution in [3.63, 3.8) is 0 Å². The third kappa shape index (κ3) is 5.35. The Morgan fingerprint density at radius 1 is 0.971 bits per heavy atom. The fourth-order valence-corrected chi connectivity index (χ4v) is 5.81. The van der Waals surface area contributed by atoms with Crippen LogP contribution in [0.3, 0.4) is 0 Å². The van der Waals surface area contributed by atoms with Crippen LogP contribution in [-0.4, -0.2) is 17.0 Å². The molecule has 1 fully saturated rings. The van der Waals surface area contributed by atoms with Crippen molar-refractivity contribution in [3.05, 3.63) is 100 Å². The summed E-state index contributed by atoms with van der Waals surface area (Å²) in [6.07, 6.45) is 2.37. The molecule has 0 saturated heterocycles. The number of hydrogen-bond acceptors (Lipinski definition) is 2. The van der Waals surface area contributed by atoms with Gasteiger partial charge in [0.25, 0.3) is 0 Å². The molecule has 1 amide bonds. The predicted octanol–water partition coefficient (Wildman–Crippen LogP) is 7.41. The minimum Gasteiger partial charge on any atom is -0.481 e. The molecule has 182 valence electrons. The van der Waals surface area contributed by atoms with Crippen LogP contribution in [0.1, 0.15) is 61.6 Å². The van der Waals surface area contributed by atoms with E-state index in [4.69, 9.17) is 0 Å². The summed E-state index contributed by atoms with van der Waals surface area (Å²) in [7, 11) is 0. The lowest BCUT2D eigenvalue weighted by atomic mass is 9.55. The zero-order valence-corrected chi connectivity index (χ0v) is 21.8. The van der Waals surface area contributed by atoms with Gasteiger partial charge in [-0.3, -0.25) is 9.59 Å². The maximum atomic E-state index is 13.7. The third-order valence-corrected chi connectivity index (χ3v) is 7.93.